The number of alkyl halides is 3. The number of hydrogen-bond donors (Lipinski definition) is 1. The summed E-state index contributed by atoms with van der Waals surface area (Å²) >= 11 is 1.63. The molecular weight excluding hydrogens is 394 g/mol. The van der Waals surface area contributed by atoms with Crippen LogP contribution < -0.4 is 10.2 Å². The van der Waals surface area contributed by atoms with Crippen molar-refractivity contribution in [2.24, 2.45) is 0 Å². The summed E-state index contributed by atoms with van der Waals surface area (Å²) in [4.78, 5) is 17.1. The van der Waals surface area contributed by atoms with E-state index in [9.17, 15) is 22.4 Å². The van der Waals surface area contributed by atoms with Crippen LogP contribution in [0.3, 0.4) is 0 Å². The fraction of sp³-hybridized carbons (Fsp3) is 0.316. The summed E-state index contributed by atoms with van der Waals surface area (Å²) in [6.07, 6.45) is -2.83. The first-order valence-electron chi connectivity index (χ1n) is 8.61. The second-order valence-corrected chi connectivity index (χ2v) is 7.09. The van der Waals surface area contributed by atoms with Crippen LogP contribution in [0.5, 0.6) is 0 Å². The maximum Gasteiger partial charge on any atom is 0.419 e. The van der Waals surface area contributed by atoms with Gasteiger partial charge in [-0.05, 0) is 30.5 Å². The Hall–Kier alpha value is -2.42. The Balaban J connectivity index is 1.65. The molecule has 0 unspecified atom stereocenters. The van der Waals surface area contributed by atoms with Crippen molar-refractivity contribution in [1.82, 2.24) is 4.90 Å². The molecule has 1 aliphatic heterocycles. The lowest BCUT2D eigenvalue weighted by atomic mass is 10.1. The number of piperazine rings is 1. The molecule has 0 bridgehead atoms. The molecule has 1 saturated heterocycles. The van der Waals surface area contributed by atoms with Crippen molar-refractivity contribution in [3.8, 4) is 0 Å². The lowest BCUT2D eigenvalue weighted by Gasteiger charge is -2.36. The predicted octanol–water partition coefficient (Wildman–Crippen LogP) is 4.92. The lowest BCUT2D eigenvalue weighted by molar-refractivity contribution is -0.139. The van der Waals surface area contributed by atoms with Crippen LogP contribution in [0, 0.1) is 5.82 Å². The SMILES string of the molecule is CSc1ccccc1N1CCN(C(=O)Nc2cccc(C(F)(F)F)c2F)CC1. The maximum atomic E-state index is 14.1. The molecule has 2 amide bonds. The average molecular weight is 413 g/mol. The molecule has 4 nitrogen and oxygen atoms in total. The monoisotopic (exact) mass is 413 g/mol. The Labute approximate surface area is 164 Å². The molecular formula is C19H19F4N3OS. The number of nitrogens with one attached hydrogen (secondary N) is 1. The van der Waals surface area contributed by atoms with Crippen LogP contribution in [-0.2, 0) is 6.18 Å². The average Bonchev–Trinajstić information content (AvgIpc) is 2.68. The number of nitrogens with zero attached hydrogens (tertiary/aromatic N) is 2. The van der Waals surface area contributed by atoms with Crippen molar-refractivity contribution in [3.63, 3.8) is 0 Å². The molecule has 0 aliphatic carbocycles. The van der Waals surface area contributed by atoms with Gasteiger partial charge in [0.25, 0.3) is 0 Å². The van der Waals surface area contributed by atoms with Crippen molar-refractivity contribution in [2.45, 2.75) is 11.1 Å². The van der Waals surface area contributed by atoms with Crippen molar-refractivity contribution in [3.05, 3.63) is 53.8 Å². The number of hydrogen-bond acceptors (Lipinski definition) is 3. The summed E-state index contributed by atoms with van der Waals surface area (Å²) in [5.74, 6) is -1.48. The van der Waals surface area contributed by atoms with Gasteiger partial charge in [-0.25, -0.2) is 9.18 Å². The van der Waals surface area contributed by atoms with Gasteiger partial charge < -0.3 is 15.1 Å². The molecule has 28 heavy (non-hydrogen) atoms. The van der Waals surface area contributed by atoms with Crippen molar-refractivity contribution < 1.29 is 22.4 Å². The van der Waals surface area contributed by atoms with E-state index in [1.165, 1.54) is 4.90 Å². The highest BCUT2D eigenvalue weighted by Crippen LogP contribution is 2.34. The zero-order valence-corrected chi connectivity index (χ0v) is 15.9. The number of benzene rings is 2. The summed E-state index contributed by atoms with van der Waals surface area (Å²) in [7, 11) is 0. The van der Waals surface area contributed by atoms with E-state index in [0.29, 0.717) is 32.2 Å². The molecule has 1 N–H and O–H groups in total. The van der Waals surface area contributed by atoms with Gasteiger partial charge in [0.2, 0.25) is 0 Å². The van der Waals surface area contributed by atoms with E-state index in [1.807, 2.05) is 30.5 Å². The van der Waals surface area contributed by atoms with E-state index in [-0.39, 0.29) is 0 Å². The Bertz CT molecular complexity index is 851. The Kier molecular flexibility index (Phi) is 6.02. The number of carbonyl (C=O) groups excluding carboxylic acids is 1. The lowest BCUT2D eigenvalue weighted by Crippen LogP contribution is -2.50. The number of para-hydroxylation sites is 1. The third kappa shape index (κ3) is 4.35. The first-order chi connectivity index (χ1) is 13.3. The van der Waals surface area contributed by atoms with Crippen LogP contribution in [0.4, 0.5) is 33.7 Å². The summed E-state index contributed by atoms with van der Waals surface area (Å²) in [6.45, 7) is 1.93. The van der Waals surface area contributed by atoms with E-state index >= 15 is 0 Å². The Morgan fingerprint density at radius 1 is 1.04 bits per heavy atom. The molecule has 1 heterocycles. The normalized spacial score (nSPS) is 14.9. The third-order valence-corrected chi connectivity index (χ3v) is 5.32. The van der Waals surface area contributed by atoms with Gasteiger partial charge in [-0.15, -0.1) is 11.8 Å². The first kappa shape index (κ1) is 20.3. The van der Waals surface area contributed by atoms with Gasteiger partial charge in [0, 0.05) is 31.1 Å². The van der Waals surface area contributed by atoms with Crippen LogP contribution in [0.1, 0.15) is 5.56 Å². The molecule has 1 fully saturated rings. The zero-order chi connectivity index (χ0) is 20.3. The van der Waals surface area contributed by atoms with Crippen LogP contribution in [-0.4, -0.2) is 43.4 Å². The molecule has 0 atom stereocenters. The third-order valence-electron chi connectivity index (χ3n) is 4.54. The van der Waals surface area contributed by atoms with Crippen molar-refractivity contribution >= 4 is 29.2 Å². The number of halogens is 4. The topological polar surface area (TPSA) is 35.6 Å². The van der Waals surface area contributed by atoms with Gasteiger partial charge in [0.05, 0.1) is 16.9 Å². The molecule has 0 radical (unpaired) electrons. The van der Waals surface area contributed by atoms with E-state index in [1.54, 1.807) is 11.8 Å². The summed E-state index contributed by atoms with van der Waals surface area (Å²) in [6, 6.07) is 10.2. The number of carbonyl (C=O) groups is 1. The van der Waals surface area contributed by atoms with E-state index in [0.717, 1.165) is 22.7 Å². The van der Waals surface area contributed by atoms with Gasteiger partial charge in [0.15, 0.2) is 5.82 Å². The standard InChI is InChI=1S/C19H19F4N3OS/c1-28-16-8-3-2-7-15(16)25-9-11-26(12-10-25)18(27)24-14-6-4-5-13(17(14)20)19(21,22)23/h2-8H,9-12H2,1H3,(H,24,27). The van der Waals surface area contributed by atoms with Gasteiger partial charge in [-0.1, -0.05) is 18.2 Å². The van der Waals surface area contributed by atoms with E-state index < -0.39 is 29.3 Å². The highest BCUT2D eigenvalue weighted by atomic mass is 32.2. The Morgan fingerprint density at radius 3 is 2.36 bits per heavy atom. The number of thioether (sulfide) groups is 1. The minimum absolute atomic E-state index is 0.384. The van der Waals surface area contributed by atoms with E-state index in [4.69, 9.17) is 0 Å². The fourth-order valence-corrected chi connectivity index (χ4v) is 3.70. The van der Waals surface area contributed by atoms with Crippen LogP contribution in [0.25, 0.3) is 0 Å². The molecule has 9 heteroatoms. The minimum Gasteiger partial charge on any atom is -0.367 e. The van der Waals surface area contributed by atoms with Crippen LogP contribution in [0.15, 0.2) is 47.4 Å². The molecule has 0 saturated carbocycles. The molecule has 3 rings (SSSR count). The summed E-state index contributed by atoms with van der Waals surface area (Å²) < 4.78 is 52.5. The van der Waals surface area contributed by atoms with Gasteiger partial charge >= 0.3 is 12.2 Å². The highest BCUT2D eigenvalue weighted by molar-refractivity contribution is 7.98. The van der Waals surface area contributed by atoms with Crippen LogP contribution >= 0.6 is 11.8 Å². The van der Waals surface area contributed by atoms with Gasteiger partial charge in [0.1, 0.15) is 0 Å². The number of amides is 2. The molecule has 1 aliphatic rings. The second kappa shape index (κ2) is 8.30. The van der Waals surface area contributed by atoms with E-state index in [2.05, 4.69) is 10.2 Å². The smallest absolute Gasteiger partial charge is 0.367 e. The first-order valence-corrected chi connectivity index (χ1v) is 9.83. The largest absolute Gasteiger partial charge is 0.419 e. The zero-order valence-electron chi connectivity index (χ0n) is 15.1. The number of anilines is 2. The molecule has 2 aromatic carbocycles. The second-order valence-electron chi connectivity index (χ2n) is 6.24. The number of rotatable bonds is 3. The van der Waals surface area contributed by atoms with Crippen molar-refractivity contribution in [2.75, 3.05) is 42.7 Å². The molecule has 150 valence electrons. The highest BCUT2D eigenvalue weighted by Gasteiger charge is 2.35. The fourth-order valence-electron chi connectivity index (χ4n) is 3.08. The van der Waals surface area contributed by atoms with Crippen molar-refractivity contribution in [1.29, 1.82) is 0 Å². The summed E-state index contributed by atoms with van der Waals surface area (Å²) in [5, 5.41) is 2.26. The molecule has 0 spiro atoms. The maximum absolute atomic E-state index is 14.1. The Morgan fingerprint density at radius 2 is 1.71 bits per heavy atom. The predicted molar refractivity (Wildman–Crippen MR) is 102 cm³/mol. The number of urea groups is 1. The molecule has 0 aromatic heterocycles. The van der Waals surface area contributed by atoms with Gasteiger partial charge in [-0.2, -0.15) is 13.2 Å². The van der Waals surface area contributed by atoms with Crippen LogP contribution in [0.2, 0.25) is 0 Å². The quantitative estimate of drug-likeness (QED) is 0.573. The van der Waals surface area contributed by atoms with Gasteiger partial charge in [-0.3, -0.25) is 0 Å². The molecule has 2 aromatic rings. The minimum atomic E-state index is -4.82. The summed E-state index contributed by atoms with van der Waals surface area (Å²) in [5.41, 5.74) is -0.794.